The first-order valence-corrected chi connectivity index (χ1v) is 5.75. The van der Waals surface area contributed by atoms with E-state index in [-0.39, 0.29) is 6.61 Å². The quantitative estimate of drug-likeness (QED) is 0.830. The Balaban J connectivity index is 2.68. The summed E-state index contributed by atoms with van der Waals surface area (Å²) in [5.41, 5.74) is 2.22. The van der Waals surface area contributed by atoms with E-state index in [0.29, 0.717) is 0 Å². The zero-order chi connectivity index (χ0) is 10.1. The van der Waals surface area contributed by atoms with Crippen molar-refractivity contribution in [3.05, 3.63) is 33.7 Å². The molecule has 0 aliphatic carbocycles. The predicted octanol–water partition coefficient (Wildman–Crippen LogP) is 3.61. The fraction of sp³-hybridized carbons (Fsp3) is 0.273. The van der Waals surface area contributed by atoms with Crippen LogP contribution in [0.25, 0.3) is 10.1 Å². The molecule has 1 heterocycles. The van der Waals surface area contributed by atoms with E-state index in [1.165, 1.54) is 10.9 Å². The lowest BCUT2D eigenvalue weighted by Crippen LogP contribution is -1.91. The number of aryl methyl sites for hydroxylation is 1. The second kappa shape index (κ2) is 3.89. The van der Waals surface area contributed by atoms with E-state index < -0.39 is 0 Å². The van der Waals surface area contributed by atoms with Gasteiger partial charge in [-0.1, -0.05) is 18.5 Å². The highest BCUT2D eigenvalue weighted by Gasteiger charge is 2.05. The summed E-state index contributed by atoms with van der Waals surface area (Å²) < 4.78 is 1.95. The largest absolute Gasteiger partial charge is 0.392 e. The molecule has 74 valence electrons. The number of halogens is 1. The highest BCUT2D eigenvalue weighted by atomic mass is 35.5. The van der Waals surface area contributed by atoms with Crippen molar-refractivity contribution in [1.29, 1.82) is 0 Å². The molecule has 0 amide bonds. The van der Waals surface area contributed by atoms with Crippen molar-refractivity contribution in [2.24, 2.45) is 0 Å². The van der Waals surface area contributed by atoms with Crippen molar-refractivity contribution >= 4 is 33.0 Å². The molecule has 0 saturated carbocycles. The van der Waals surface area contributed by atoms with E-state index in [9.17, 15) is 5.11 Å². The third-order valence-corrected chi connectivity index (χ3v) is 3.59. The molecular weight excluding hydrogens is 216 g/mol. The molecule has 0 aliphatic heterocycles. The molecule has 0 bridgehead atoms. The van der Waals surface area contributed by atoms with E-state index in [1.54, 1.807) is 11.3 Å². The number of hydrogen-bond acceptors (Lipinski definition) is 2. The lowest BCUT2D eigenvalue weighted by Gasteiger charge is -2.04. The molecule has 0 fully saturated rings. The Bertz CT molecular complexity index is 421. The standard InChI is InChI=1S/C11H11ClOS/c1-2-7-3-8-5-11(12)14-10(8)4-9(7)6-13/h3-5,13H,2,6H2,1H3. The Labute approximate surface area is 91.9 Å². The first-order valence-electron chi connectivity index (χ1n) is 4.56. The Hall–Kier alpha value is -0.570. The molecule has 3 heteroatoms. The molecule has 0 unspecified atom stereocenters. The van der Waals surface area contributed by atoms with Gasteiger partial charge in [-0.3, -0.25) is 0 Å². The monoisotopic (exact) mass is 226 g/mol. The van der Waals surface area contributed by atoms with Gasteiger partial charge >= 0.3 is 0 Å². The van der Waals surface area contributed by atoms with E-state index in [4.69, 9.17) is 11.6 Å². The van der Waals surface area contributed by atoms with Gasteiger partial charge in [0.2, 0.25) is 0 Å². The summed E-state index contributed by atoms with van der Waals surface area (Å²) in [5.74, 6) is 0. The van der Waals surface area contributed by atoms with Crippen LogP contribution in [0.2, 0.25) is 4.34 Å². The van der Waals surface area contributed by atoms with Crippen LogP contribution in [0.4, 0.5) is 0 Å². The maximum absolute atomic E-state index is 9.19. The van der Waals surface area contributed by atoms with Crippen LogP contribution in [0.15, 0.2) is 18.2 Å². The first kappa shape index (κ1) is 9.97. The zero-order valence-corrected chi connectivity index (χ0v) is 9.45. The van der Waals surface area contributed by atoms with Crippen LogP contribution < -0.4 is 0 Å². The summed E-state index contributed by atoms with van der Waals surface area (Å²) in [6, 6.07) is 6.12. The Morgan fingerprint density at radius 2 is 2.07 bits per heavy atom. The van der Waals surface area contributed by atoms with Gasteiger partial charge < -0.3 is 5.11 Å². The van der Waals surface area contributed by atoms with Gasteiger partial charge in [-0.2, -0.15) is 0 Å². The fourth-order valence-corrected chi connectivity index (χ4v) is 2.82. The number of rotatable bonds is 2. The number of hydrogen-bond donors (Lipinski definition) is 1. The number of aliphatic hydroxyl groups is 1. The van der Waals surface area contributed by atoms with E-state index in [2.05, 4.69) is 13.0 Å². The first-order chi connectivity index (χ1) is 6.74. The summed E-state index contributed by atoms with van der Waals surface area (Å²) in [6.07, 6.45) is 0.944. The highest BCUT2D eigenvalue weighted by molar-refractivity contribution is 7.22. The van der Waals surface area contributed by atoms with Crippen LogP contribution in [-0.4, -0.2) is 5.11 Å². The average molecular weight is 227 g/mol. The van der Waals surface area contributed by atoms with Gasteiger partial charge in [-0.15, -0.1) is 11.3 Å². The molecule has 0 saturated heterocycles. The molecule has 0 radical (unpaired) electrons. The number of benzene rings is 1. The van der Waals surface area contributed by atoms with E-state index in [1.807, 2.05) is 12.1 Å². The summed E-state index contributed by atoms with van der Waals surface area (Å²) in [4.78, 5) is 0. The molecule has 2 rings (SSSR count). The van der Waals surface area contributed by atoms with Gasteiger partial charge in [0.15, 0.2) is 0 Å². The molecule has 14 heavy (non-hydrogen) atoms. The van der Waals surface area contributed by atoms with Crippen molar-refractivity contribution in [2.45, 2.75) is 20.0 Å². The molecular formula is C11H11ClOS. The van der Waals surface area contributed by atoms with Gasteiger partial charge in [-0.05, 0) is 41.1 Å². The molecule has 1 aromatic heterocycles. The van der Waals surface area contributed by atoms with Crippen LogP contribution in [0.3, 0.4) is 0 Å². The number of fused-ring (bicyclic) bond motifs is 1. The summed E-state index contributed by atoms with van der Waals surface area (Å²) in [5, 5.41) is 10.4. The van der Waals surface area contributed by atoms with Crippen LogP contribution in [0.5, 0.6) is 0 Å². The van der Waals surface area contributed by atoms with Crippen molar-refractivity contribution in [3.63, 3.8) is 0 Å². The summed E-state index contributed by atoms with van der Waals surface area (Å²) >= 11 is 7.49. The highest BCUT2D eigenvalue weighted by Crippen LogP contribution is 2.31. The Morgan fingerprint density at radius 3 is 2.71 bits per heavy atom. The van der Waals surface area contributed by atoms with Crippen LogP contribution in [0, 0.1) is 0 Å². The molecule has 0 aliphatic rings. The number of thiophene rings is 1. The minimum atomic E-state index is 0.106. The van der Waals surface area contributed by atoms with Crippen molar-refractivity contribution < 1.29 is 5.11 Å². The van der Waals surface area contributed by atoms with Crippen molar-refractivity contribution in [3.8, 4) is 0 Å². The van der Waals surface area contributed by atoms with Crippen LogP contribution in [0.1, 0.15) is 18.1 Å². The maximum Gasteiger partial charge on any atom is 0.0940 e. The van der Waals surface area contributed by atoms with Gasteiger partial charge in [0.25, 0.3) is 0 Å². The third kappa shape index (κ3) is 1.65. The Kier molecular flexibility index (Phi) is 2.77. The number of aliphatic hydroxyl groups excluding tert-OH is 1. The normalized spacial score (nSPS) is 11.1. The lowest BCUT2D eigenvalue weighted by molar-refractivity contribution is 0.281. The molecule has 1 nitrogen and oxygen atoms in total. The van der Waals surface area contributed by atoms with Crippen molar-refractivity contribution in [1.82, 2.24) is 0 Å². The molecule has 2 aromatic rings. The maximum atomic E-state index is 9.19. The van der Waals surface area contributed by atoms with Gasteiger partial charge in [0, 0.05) is 4.70 Å². The van der Waals surface area contributed by atoms with Crippen LogP contribution >= 0.6 is 22.9 Å². The van der Waals surface area contributed by atoms with Gasteiger partial charge in [0.05, 0.1) is 10.9 Å². The second-order valence-electron chi connectivity index (χ2n) is 3.22. The van der Waals surface area contributed by atoms with Crippen molar-refractivity contribution in [2.75, 3.05) is 0 Å². The van der Waals surface area contributed by atoms with E-state index >= 15 is 0 Å². The summed E-state index contributed by atoms with van der Waals surface area (Å²) in [7, 11) is 0. The Morgan fingerprint density at radius 1 is 1.29 bits per heavy atom. The molecule has 1 N–H and O–H groups in total. The van der Waals surface area contributed by atoms with Crippen LogP contribution in [-0.2, 0) is 13.0 Å². The molecule has 0 atom stereocenters. The fourth-order valence-electron chi connectivity index (χ4n) is 1.62. The predicted molar refractivity (Wildman–Crippen MR) is 62.1 cm³/mol. The average Bonchev–Trinajstić information content (AvgIpc) is 2.54. The topological polar surface area (TPSA) is 20.2 Å². The lowest BCUT2D eigenvalue weighted by atomic mass is 10.0. The molecule has 0 spiro atoms. The third-order valence-electron chi connectivity index (χ3n) is 2.36. The smallest absolute Gasteiger partial charge is 0.0940 e. The minimum Gasteiger partial charge on any atom is -0.392 e. The minimum absolute atomic E-state index is 0.106. The van der Waals surface area contributed by atoms with Gasteiger partial charge in [-0.25, -0.2) is 0 Å². The zero-order valence-electron chi connectivity index (χ0n) is 7.88. The summed E-state index contributed by atoms with van der Waals surface area (Å²) in [6.45, 7) is 2.20. The van der Waals surface area contributed by atoms with E-state index in [0.717, 1.165) is 21.0 Å². The molecule has 1 aromatic carbocycles. The van der Waals surface area contributed by atoms with Gasteiger partial charge in [0.1, 0.15) is 0 Å². The SMILES string of the molecule is CCc1cc2cc(Cl)sc2cc1CO. The second-order valence-corrected chi connectivity index (χ2v) is 4.94.